The molecule has 1 atom stereocenters. The van der Waals surface area contributed by atoms with Crippen molar-refractivity contribution in [2.24, 2.45) is 0 Å². The molecular weight excluding hydrogens is 264 g/mol. The lowest BCUT2D eigenvalue weighted by molar-refractivity contribution is 0.281. The van der Waals surface area contributed by atoms with E-state index in [1.165, 1.54) is 0 Å². The second-order valence-corrected chi connectivity index (χ2v) is 4.84. The molecule has 21 heavy (non-hydrogen) atoms. The number of rotatable bonds is 7. The lowest BCUT2D eigenvalue weighted by Crippen LogP contribution is -2.20. The summed E-state index contributed by atoms with van der Waals surface area (Å²) in [5, 5.41) is 12.5. The van der Waals surface area contributed by atoms with Gasteiger partial charge in [0.25, 0.3) is 0 Å². The third-order valence-corrected chi connectivity index (χ3v) is 3.29. The van der Waals surface area contributed by atoms with Crippen LogP contribution in [-0.2, 0) is 6.61 Å². The van der Waals surface area contributed by atoms with Crippen LogP contribution in [0.15, 0.2) is 42.6 Å². The number of nitrogens with one attached hydrogen (secondary N) is 1. The largest absolute Gasteiger partial charge is 0.456 e. The Morgan fingerprint density at radius 2 is 2.05 bits per heavy atom. The molecule has 0 bridgehead atoms. The van der Waals surface area contributed by atoms with E-state index < -0.39 is 0 Å². The second kappa shape index (κ2) is 7.76. The number of pyridine rings is 1. The Morgan fingerprint density at radius 3 is 2.67 bits per heavy atom. The zero-order chi connectivity index (χ0) is 15.1. The smallest absolute Gasteiger partial charge is 0.145 e. The molecule has 0 fully saturated rings. The van der Waals surface area contributed by atoms with E-state index in [0.29, 0.717) is 11.5 Å². The fraction of sp³-hybridized carbons (Fsp3) is 0.353. The van der Waals surface area contributed by atoms with E-state index in [0.717, 1.165) is 24.2 Å². The average molecular weight is 286 g/mol. The summed E-state index contributed by atoms with van der Waals surface area (Å²) in [5.41, 5.74) is 1.85. The lowest BCUT2D eigenvalue weighted by Gasteiger charge is -2.15. The number of aliphatic hydroxyl groups excluding tert-OH is 1. The fourth-order valence-electron chi connectivity index (χ4n) is 2.21. The summed E-state index contributed by atoms with van der Waals surface area (Å²) in [6.07, 6.45) is 2.74. The van der Waals surface area contributed by atoms with Crippen molar-refractivity contribution in [3.05, 3.63) is 53.9 Å². The second-order valence-electron chi connectivity index (χ2n) is 4.84. The van der Waals surface area contributed by atoms with Gasteiger partial charge in [0, 0.05) is 6.04 Å². The van der Waals surface area contributed by atoms with Crippen molar-refractivity contribution in [1.82, 2.24) is 10.3 Å². The molecule has 0 spiro atoms. The quantitative estimate of drug-likeness (QED) is 0.819. The van der Waals surface area contributed by atoms with E-state index in [1.807, 2.05) is 36.4 Å². The van der Waals surface area contributed by atoms with E-state index in [-0.39, 0.29) is 12.6 Å². The summed E-state index contributed by atoms with van der Waals surface area (Å²) in [5.74, 6) is 1.40. The molecule has 1 heterocycles. The zero-order valence-electron chi connectivity index (χ0n) is 12.5. The Hall–Kier alpha value is -1.91. The maximum Gasteiger partial charge on any atom is 0.145 e. The molecular formula is C17H22N2O2. The van der Waals surface area contributed by atoms with Gasteiger partial charge in [0.1, 0.15) is 11.5 Å². The molecule has 0 aliphatic heterocycles. The SMILES string of the molecule is CCNC(CC)c1ccc(Oc2cccc(CO)c2)cn1. The van der Waals surface area contributed by atoms with Crippen molar-refractivity contribution >= 4 is 0 Å². The van der Waals surface area contributed by atoms with Crippen LogP contribution in [0.2, 0.25) is 0 Å². The van der Waals surface area contributed by atoms with Gasteiger partial charge in [-0.1, -0.05) is 26.0 Å². The van der Waals surface area contributed by atoms with Gasteiger partial charge in [0.05, 0.1) is 18.5 Å². The van der Waals surface area contributed by atoms with Crippen LogP contribution in [0.4, 0.5) is 0 Å². The van der Waals surface area contributed by atoms with Gasteiger partial charge >= 0.3 is 0 Å². The minimum absolute atomic E-state index is 0.00918. The summed E-state index contributed by atoms with van der Waals surface area (Å²) in [6.45, 7) is 5.16. The van der Waals surface area contributed by atoms with Gasteiger partial charge in [-0.25, -0.2) is 0 Å². The first-order valence-electron chi connectivity index (χ1n) is 7.33. The molecule has 1 aromatic carbocycles. The molecule has 0 radical (unpaired) electrons. The normalized spacial score (nSPS) is 12.1. The molecule has 2 rings (SSSR count). The Morgan fingerprint density at radius 1 is 1.19 bits per heavy atom. The van der Waals surface area contributed by atoms with Gasteiger partial charge in [0.2, 0.25) is 0 Å². The molecule has 1 aromatic heterocycles. The molecule has 0 aliphatic rings. The first kappa shape index (κ1) is 15.5. The number of aliphatic hydroxyl groups is 1. The highest BCUT2D eigenvalue weighted by atomic mass is 16.5. The van der Waals surface area contributed by atoms with Crippen LogP contribution < -0.4 is 10.1 Å². The Kier molecular flexibility index (Phi) is 5.72. The molecule has 1 unspecified atom stereocenters. The van der Waals surface area contributed by atoms with Crippen LogP contribution in [0.1, 0.15) is 37.6 Å². The minimum atomic E-state index is 0.00918. The van der Waals surface area contributed by atoms with Crippen LogP contribution in [-0.4, -0.2) is 16.6 Å². The summed E-state index contributed by atoms with van der Waals surface area (Å²) in [4.78, 5) is 4.47. The predicted molar refractivity (Wildman–Crippen MR) is 83.4 cm³/mol. The van der Waals surface area contributed by atoms with Crippen LogP contribution in [0.25, 0.3) is 0 Å². The fourth-order valence-corrected chi connectivity index (χ4v) is 2.21. The number of benzene rings is 1. The molecule has 0 saturated heterocycles. The lowest BCUT2D eigenvalue weighted by atomic mass is 10.1. The van der Waals surface area contributed by atoms with E-state index in [1.54, 1.807) is 6.20 Å². The highest BCUT2D eigenvalue weighted by molar-refractivity contribution is 5.33. The molecule has 112 valence electrons. The molecule has 4 heteroatoms. The molecule has 0 amide bonds. The van der Waals surface area contributed by atoms with Gasteiger partial charge < -0.3 is 15.2 Å². The number of hydrogen-bond acceptors (Lipinski definition) is 4. The Labute approximate surface area is 125 Å². The first-order chi connectivity index (χ1) is 10.3. The van der Waals surface area contributed by atoms with Gasteiger partial charge in [-0.3, -0.25) is 4.98 Å². The maximum atomic E-state index is 9.13. The predicted octanol–water partition coefficient (Wildman–Crippen LogP) is 3.43. The van der Waals surface area contributed by atoms with Crippen LogP contribution in [0, 0.1) is 0 Å². The zero-order valence-corrected chi connectivity index (χ0v) is 12.5. The van der Waals surface area contributed by atoms with Crippen LogP contribution >= 0.6 is 0 Å². The van der Waals surface area contributed by atoms with Gasteiger partial charge in [-0.15, -0.1) is 0 Å². The highest BCUT2D eigenvalue weighted by Gasteiger charge is 2.09. The Balaban J connectivity index is 2.08. The third kappa shape index (κ3) is 4.28. The standard InChI is InChI=1S/C17H22N2O2/c1-3-16(18-4-2)17-9-8-15(11-19-17)21-14-7-5-6-13(10-14)12-20/h5-11,16,18,20H,3-4,12H2,1-2H3. The van der Waals surface area contributed by atoms with Crippen molar-refractivity contribution in [3.8, 4) is 11.5 Å². The van der Waals surface area contributed by atoms with Crippen molar-refractivity contribution < 1.29 is 9.84 Å². The van der Waals surface area contributed by atoms with Crippen LogP contribution in [0.5, 0.6) is 11.5 Å². The topological polar surface area (TPSA) is 54.4 Å². The minimum Gasteiger partial charge on any atom is -0.456 e. The van der Waals surface area contributed by atoms with Gasteiger partial charge in [0.15, 0.2) is 0 Å². The van der Waals surface area contributed by atoms with Crippen molar-refractivity contribution in [1.29, 1.82) is 0 Å². The molecule has 0 saturated carbocycles. The van der Waals surface area contributed by atoms with Crippen LogP contribution in [0.3, 0.4) is 0 Å². The summed E-state index contributed by atoms with van der Waals surface area (Å²) < 4.78 is 5.76. The van der Waals surface area contributed by atoms with E-state index in [9.17, 15) is 0 Å². The van der Waals surface area contributed by atoms with Gasteiger partial charge in [-0.05, 0) is 42.8 Å². The summed E-state index contributed by atoms with van der Waals surface area (Å²) in [7, 11) is 0. The number of aromatic nitrogens is 1. The van der Waals surface area contributed by atoms with Crippen molar-refractivity contribution in [2.45, 2.75) is 32.9 Å². The van der Waals surface area contributed by atoms with Gasteiger partial charge in [-0.2, -0.15) is 0 Å². The number of hydrogen-bond donors (Lipinski definition) is 2. The average Bonchev–Trinajstić information content (AvgIpc) is 2.54. The molecule has 2 aromatic rings. The van der Waals surface area contributed by atoms with Crippen molar-refractivity contribution in [3.63, 3.8) is 0 Å². The maximum absolute atomic E-state index is 9.13. The van der Waals surface area contributed by atoms with Crippen molar-refractivity contribution in [2.75, 3.05) is 6.54 Å². The van der Waals surface area contributed by atoms with E-state index in [4.69, 9.17) is 9.84 Å². The molecule has 2 N–H and O–H groups in total. The van der Waals surface area contributed by atoms with E-state index >= 15 is 0 Å². The summed E-state index contributed by atoms with van der Waals surface area (Å²) >= 11 is 0. The number of ether oxygens (including phenoxy) is 1. The molecule has 0 aliphatic carbocycles. The Bertz CT molecular complexity index is 555. The van der Waals surface area contributed by atoms with E-state index in [2.05, 4.69) is 24.1 Å². The summed E-state index contributed by atoms with van der Waals surface area (Å²) in [6, 6.07) is 11.6. The molecule has 4 nitrogen and oxygen atoms in total. The first-order valence-corrected chi connectivity index (χ1v) is 7.33. The third-order valence-electron chi connectivity index (χ3n) is 3.29. The number of nitrogens with zero attached hydrogens (tertiary/aromatic N) is 1. The monoisotopic (exact) mass is 286 g/mol. The highest BCUT2D eigenvalue weighted by Crippen LogP contribution is 2.23.